The Morgan fingerprint density at radius 1 is 1.24 bits per heavy atom. The van der Waals surface area contributed by atoms with Crippen LogP contribution in [0.15, 0.2) is 50.7 Å². The highest BCUT2D eigenvalue weighted by Gasteiger charge is 2.39. The summed E-state index contributed by atoms with van der Waals surface area (Å²) >= 11 is 0. The van der Waals surface area contributed by atoms with Gasteiger partial charge in [0, 0.05) is 29.4 Å². The van der Waals surface area contributed by atoms with Gasteiger partial charge in [-0.3, -0.25) is 14.2 Å². The molecule has 12 nitrogen and oxygen atoms in total. The summed E-state index contributed by atoms with van der Waals surface area (Å²) in [4.78, 5) is 45.5. The molecule has 218 valence electrons. The van der Waals surface area contributed by atoms with Crippen molar-refractivity contribution in [3.05, 3.63) is 69.1 Å². The molecule has 0 spiro atoms. The second-order valence-electron chi connectivity index (χ2n) is 10.0. The van der Waals surface area contributed by atoms with Gasteiger partial charge < -0.3 is 26.0 Å². The van der Waals surface area contributed by atoms with Crippen molar-refractivity contribution in [3.63, 3.8) is 0 Å². The third-order valence-electron chi connectivity index (χ3n) is 6.67. The number of carbonyl (C=O) groups is 2. The first-order chi connectivity index (χ1) is 19.9. The number of carboxylic acids is 1. The number of anilines is 2. The number of amides is 1. The van der Waals surface area contributed by atoms with Crippen molar-refractivity contribution in [1.29, 1.82) is 0 Å². The van der Waals surface area contributed by atoms with Crippen molar-refractivity contribution in [2.75, 3.05) is 17.6 Å². The van der Waals surface area contributed by atoms with Gasteiger partial charge in [0.15, 0.2) is 5.82 Å². The number of allylic oxidation sites excluding steroid dienone is 1. The first kappa shape index (κ1) is 28.4. The number of carbonyl (C=O) groups excluding carboxylic acids is 1. The fourth-order valence-corrected chi connectivity index (χ4v) is 4.30. The number of carboxylic acid groups (broad SMARTS) is 1. The third-order valence-corrected chi connectivity index (χ3v) is 6.67. The van der Waals surface area contributed by atoms with Crippen LogP contribution in [0, 0.1) is 5.92 Å². The third kappa shape index (κ3) is 6.27. The Bertz CT molecular complexity index is 1740. The number of benzene rings is 1. The van der Waals surface area contributed by atoms with Crippen LogP contribution in [0.2, 0.25) is 0 Å². The number of hydrogen-bond donors (Lipinski definition) is 4. The van der Waals surface area contributed by atoms with Gasteiger partial charge in [-0.15, -0.1) is 0 Å². The van der Waals surface area contributed by atoms with Crippen LogP contribution in [-0.2, 0) is 17.5 Å². The molecule has 3 aromatic rings. The lowest BCUT2D eigenvalue weighted by Gasteiger charge is -2.18. The molecular formula is C27H24F3N7O5. The van der Waals surface area contributed by atoms with E-state index in [4.69, 9.17) is 5.73 Å². The minimum absolute atomic E-state index is 0.0319. The second kappa shape index (κ2) is 11.0. The standard InChI is InChI=1S/C27H24F3N7O5/c1-13-6-14(22-35-26(42-36-22)27(28,29)30)2-3-15(13)10-32-21(38)12-37-20(11-33-23(24(37)39)34-19-4-5-19)16-7-17(25(40)41)9-18(31)8-16/h7-9,11,13,19H,4-6,10,12,31H2,1H3,(H,32,38)(H,33,34)(H,40,41). The van der Waals surface area contributed by atoms with Crippen LogP contribution in [0.1, 0.15) is 48.3 Å². The van der Waals surface area contributed by atoms with E-state index in [0.717, 1.165) is 12.8 Å². The van der Waals surface area contributed by atoms with Gasteiger partial charge in [-0.05, 0) is 43.4 Å². The number of hydrogen-bond acceptors (Lipinski definition) is 9. The number of nitrogens with zero attached hydrogens (tertiary/aromatic N) is 4. The molecule has 1 atom stereocenters. The highest BCUT2D eigenvalue weighted by Crippen LogP contribution is 2.31. The number of halogens is 3. The van der Waals surface area contributed by atoms with E-state index in [1.165, 1.54) is 29.0 Å². The zero-order valence-electron chi connectivity index (χ0n) is 22.1. The van der Waals surface area contributed by atoms with Gasteiger partial charge in [0.2, 0.25) is 11.7 Å². The van der Waals surface area contributed by atoms with E-state index in [-0.39, 0.29) is 59.1 Å². The van der Waals surface area contributed by atoms with Crippen molar-refractivity contribution < 1.29 is 32.4 Å². The van der Waals surface area contributed by atoms with E-state index in [2.05, 4.69) is 41.7 Å². The molecule has 2 aliphatic carbocycles. The van der Waals surface area contributed by atoms with E-state index < -0.39 is 36.0 Å². The molecule has 1 saturated carbocycles. The summed E-state index contributed by atoms with van der Waals surface area (Å²) in [6.07, 6.45) is -1.39. The minimum atomic E-state index is -4.77. The van der Waals surface area contributed by atoms with Gasteiger partial charge in [0.1, 0.15) is 6.54 Å². The average molecular weight is 584 g/mol. The lowest BCUT2D eigenvalue weighted by Crippen LogP contribution is -2.36. The zero-order valence-corrected chi connectivity index (χ0v) is 22.1. The smallest absolute Gasteiger partial charge is 0.471 e. The van der Waals surface area contributed by atoms with Crippen molar-refractivity contribution in [2.24, 2.45) is 5.92 Å². The van der Waals surface area contributed by atoms with Crippen molar-refractivity contribution in [1.82, 2.24) is 25.0 Å². The lowest BCUT2D eigenvalue weighted by atomic mass is 9.91. The maximum Gasteiger partial charge on any atom is 0.471 e. The molecule has 15 heteroatoms. The zero-order chi connectivity index (χ0) is 30.2. The monoisotopic (exact) mass is 583 g/mol. The SMILES string of the molecule is CC1CC(c2noc(C(F)(F)F)n2)=C=C=C1CNC(=O)Cn1c(-c2cc(N)cc(C(=O)O)c2)cnc(NC2CC2)c1=O. The van der Waals surface area contributed by atoms with Crippen LogP contribution in [-0.4, -0.2) is 49.3 Å². The number of aromatic nitrogens is 4. The van der Waals surface area contributed by atoms with E-state index in [1.54, 1.807) is 6.92 Å². The quantitative estimate of drug-likeness (QED) is 0.216. The van der Waals surface area contributed by atoms with Crippen LogP contribution in [0.4, 0.5) is 24.7 Å². The highest BCUT2D eigenvalue weighted by atomic mass is 19.4. The molecule has 1 unspecified atom stereocenters. The van der Waals surface area contributed by atoms with Crippen LogP contribution in [0.5, 0.6) is 0 Å². The molecule has 0 saturated heterocycles. The van der Waals surface area contributed by atoms with Crippen molar-refractivity contribution in [2.45, 2.75) is 44.9 Å². The van der Waals surface area contributed by atoms with Crippen molar-refractivity contribution in [3.8, 4) is 11.3 Å². The van der Waals surface area contributed by atoms with Crippen LogP contribution >= 0.6 is 0 Å². The largest absolute Gasteiger partial charge is 0.478 e. The molecule has 1 amide bonds. The number of nitrogen functional groups attached to an aromatic ring is 1. The van der Waals surface area contributed by atoms with E-state index >= 15 is 0 Å². The van der Waals surface area contributed by atoms with Crippen LogP contribution < -0.4 is 21.9 Å². The van der Waals surface area contributed by atoms with Gasteiger partial charge in [-0.2, -0.15) is 18.2 Å². The fourth-order valence-electron chi connectivity index (χ4n) is 4.30. The summed E-state index contributed by atoms with van der Waals surface area (Å²) in [5, 5.41) is 18.6. The number of aromatic carboxylic acids is 1. The molecule has 2 heterocycles. The van der Waals surface area contributed by atoms with Crippen LogP contribution in [0.3, 0.4) is 0 Å². The summed E-state index contributed by atoms with van der Waals surface area (Å²) < 4.78 is 43.8. The van der Waals surface area contributed by atoms with Gasteiger partial charge in [-0.1, -0.05) is 23.5 Å². The lowest BCUT2D eigenvalue weighted by molar-refractivity contribution is -0.159. The number of nitrogens with two attached hydrogens (primary N) is 1. The van der Waals surface area contributed by atoms with Crippen LogP contribution in [0.25, 0.3) is 16.8 Å². The summed E-state index contributed by atoms with van der Waals surface area (Å²) in [6.45, 7) is 1.41. The Hall–Kier alpha value is -5.13. The topological polar surface area (TPSA) is 178 Å². The van der Waals surface area contributed by atoms with Crippen molar-refractivity contribution >= 4 is 29.0 Å². The maximum absolute atomic E-state index is 13.3. The predicted molar refractivity (Wildman–Crippen MR) is 142 cm³/mol. The number of alkyl halides is 3. The molecule has 1 fully saturated rings. The van der Waals surface area contributed by atoms with Gasteiger partial charge in [0.25, 0.3) is 5.56 Å². The van der Waals surface area contributed by atoms with Gasteiger partial charge in [-0.25, -0.2) is 9.78 Å². The maximum atomic E-state index is 13.3. The Morgan fingerprint density at radius 3 is 2.64 bits per heavy atom. The number of rotatable bonds is 9. The minimum Gasteiger partial charge on any atom is -0.478 e. The summed E-state index contributed by atoms with van der Waals surface area (Å²) in [6, 6.07) is 4.21. The van der Waals surface area contributed by atoms with E-state index in [1.807, 2.05) is 0 Å². The molecule has 2 aliphatic rings. The second-order valence-corrected chi connectivity index (χ2v) is 10.0. The molecule has 2 aromatic heterocycles. The summed E-state index contributed by atoms with van der Waals surface area (Å²) in [5.74, 6) is -3.62. The van der Waals surface area contributed by atoms with E-state index in [0.29, 0.717) is 11.1 Å². The van der Waals surface area contributed by atoms with Gasteiger partial charge in [0.05, 0.1) is 23.0 Å². The predicted octanol–water partition coefficient (Wildman–Crippen LogP) is 3.09. The first-order valence-electron chi connectivity index (χ1n) is 12.8. The molecule has 0 aliphatic heterocycles. The Kier molecular flexibility index (Phi) is 7.46. The Balaban J connectivity index is 1.39. The molecule has 5 rings (SSSR count). The Morgan fingerprint density at radius 2 is 2.00 bits per heavy atom. The molecule has 0 radical (unpaired) electrons. The summed E-state index contributed by atoms with van der Waals surface area (Å²) in [5.41, 5.74) is 12.4. The molecule has 1 aromatic carbocycles. The summed E-state index contributed by atoms with van der Waals surface area (Å²) in [7, 11) is 0. The number of nitrogens with one attached hydrogen (secondary N) is 2. The van der Waals surface area contributed by atoms with Gasteiger partial charge >= 0.3 is 18.0 Å². The normalized spacial score (nSPS) is 16.5. The molecular weight excluding hydrogens is 559 g/mol. The molecule has 42 heavy (non-hydrogen) atoms. The molecule has 5 N–H and O–H groups in total. The molecule has 0 bridgehead atoms. The first-order valence-corrected chi connectivity index (χ1v) is 12.8. The fraction of sp³-hybridized carbons (Fsp3) is 0.333. The highest BCUT2D eigenvalue weighted by molar-refractivity contribution is 5.91. The average Bonchev–Trinajstić information content (AvgIpc) is 3.59. The van der Waals surface area contributed by atoms with E-state index in [9.17, 15) is 32.7 Å². The Labute approximate surface area is 235 Å².